The van der Waals surface area contributed by atoms with Crippen LogP contribution in [0.4, 0.5) is 0 Å². The van der Waals surface area contributed by atoms with E-state index in [1.165, 1.54) is 0 Å². The van der Waals surface area contributed by atoms with Crippen LogP contribution >= 0.6 is 8.60 Å². The van der Waals surface area contributed by atoms with E-state index in [9.17, 15) is 4.89 Å². The summed E-state index contributed by atoms with van der Waals surface area (Å²) in [5.74, 6) is 0. The Morgan fingerprint density at radius 3 is 2.44 bits per heavy atom. The molecule has 7 atom stereocenters. The number of hydrogen-bond acceptors (Lipinski definition) is 7. The maximum Gasteiger partial charge on any atom is 0.330 e. The van der Waals surface area contributed by atoms with Crippen LogP contribution in [0.25, 0.3) is 0 Å². The van der Waals surface area contributed by atoms with Gasteiger partial charge in [0.2, 0.25) is 0 Å². The van der Waals surface area contributed by atoms with Crippen LogP contribution in [0.15, 0.2) is 0 Å². The molecule has 25 heavy (non-hydrogen) atoms. The van der Waals surface area contributed by atoms with E-state index in [2.05, 4.69) is 0 Å². The first-order valence-corrected chi connectivity index (χ1v) is 10.0. The van der Waals surface area contributed by atoms with Crippen molar-refractivity contribution in [1.29, 1.82) is 0 Å². The Kier molecular flexibility index (Phi) is 10.4. The highest BCUT2D eigenvalue weighted by Crippen LogP contribution is 2.41. The van der Waals surface area contributed by atoms with Crippen molar-refractivity contribution in [2.24, 2.45) is 0 Å². The van der Waals surface area contributed by atoms with Gasteiger partial charge in [0.05, 0.1) is 24.8 Å². The topological polar surface area (TPSA) is 75.6 Å². The van der Waals surface area contributed by atoms with Gasteiger partial charge in [-0.15, -0.1) is 0 Å². The third-order valence-electron chi connectivity index (χ3n) is 5.01. The van der Waals surface area contributed by atoms with Crippen molar-refractivity contribution in [3.8, 4) is 0 Å². The van der Waals surface area contributed by atoms with E-state index in [0.717, 1.165) is 12.8 Å². The predicted octanol–water partition coefficient (Wildman–Crippen LogP) is 0.181. The van der Waals surface area contributed by atoms with Crippen molar-refractivity contribution in [3.63, 3.8) is 0 Å². The highest BCUT2D eigenvalue weighted by atomic mass is 31.2. The maximum atomic E-state index is 10.3. The molecule has 1 rings (SSSR count). The van der Waals surface area contributed by atoms with Crippen molar-refractivity contribution in [2.75, 3.05) is 27.9 Å². The van der Waals surface area contributed by atoms with E-state index in [4.69, 9.17) is 28.0 Å². The molecule has 0 saturated carbocycles. The fraction of sp³-hybridized carbons (Fsp3) is 1.00. The highest BCUT2D eigenvalue weighted by molar-refractivity contribution is 7.40. The van der Waals surface area contributed by atoms with Gasteiger partial charge in [-0.3, -0.25) is 0 Å². The standard InChI is InChI=1S/C15H33B2O7P/c1-6-10-11(8-12(16)23-10)24-25(18)22-9-15(7-2,21-5)13(19-3)14(17)20-4/h10-14,18H,6-9,16-17H2,1-5H3. The van der Waals surface area contributed by atoms with Crippen LogP contribution in [0.2, 0.25) is 0 Å². The SMILES string of the molecule is BC1CC(OP(O)OCC(CC)(OC)C(OC)C(B)OC)C(CC)O1. The van der Waals surface area contributed by atoms with Gasteiger partial charge in [-0.1, -0.05) is 13.8 Å². The van der Waals surface area contributed by atoms with Crippen LogP contribution in [0.1, 0.15) is 33.1 Å². The van der Waals surface area contributed by atoms with Gasteiger partial charge in [-0.2, -0.15) is 0 Å². The zero-order valence-electron chi connectivity index (χ0n) is 16.6. The summed E-state index contributed by atoms with van der Waals surface area (Å²) >= 11 is 0. The van der Waals surface area contributed by atoms with Gasteiger partial charge in [0.1, 0.15) is 27.4 Å². The van der Waals surface area contributed by atoms with E-state index >= 15 is 0 Å². The molecule has 0 aromatic carbocycles. The molecule has 7 unspecified atom stereocenters. The molecule has 1 aliphatic heterocycles. The minimum absolute atomic E-state index is 0.00524. The molecule has 0 aromatic heterocycles. The summed E-state index contributed by atoms with van der Waals surface area (Å²) in [7, 11) is 6.75. The Bertz CT molecular complexity index is 376. The monoisotopic (exact) mass is 378 g/mol. The number of ether oxygens (including phenoxy) is 4. The second-order valence-corrected chi connectivity index (χ2v) is 7.45. The first-order valence-electron chi connectivity index (χ1n) is 8.92. The molecule has 1 heterocycles. The van der Waals surface area contributed by atoms with Gasteiger partial charge < -0.3 is 32.9 Å². The Morgan fingerprint density at radius 2 is 1.96 bits per heavy atom. The molecule has 1 fully saturated rings. The van der Waals surface area contributed by atoms with Crippen molar-refractivity contribution in [2.45, 2.75) is 69.0 Å². The van der Waals surface area contributed by atoms with E-state index in [1.54, 1.807) is 21.3 Å². The molecule has 7 nitrogen and oxygen atoms in total. The Hall–Kier alpha value is 0.280. The summed E-state index contributed by atoms with van der Waals surface area (Å²) < 4.78 is 33.9. The van der Waals surface area contributed by atoms with Crippen LogP contribution < -0.4 is 0 Å². The quantitative estimate of drug-likeness (QED) is 0.384. The first-order chi connectivity index (χ1) is 11.9. The smallest absolute Gasteiger partial charge is 0.330 e. The highest BCUT2D eigenvalue weighted by Gasteiger charge is 2.43. The average molecular weight is 378 g/mol. The average Bonchev–Trinajstić information content (AvgIpc) is 2.97. The predicted molar refractivity (Wildman–Crippen MR) is 102 cm³/mol. The molecule has 10 heteroatoms. The normalized spacial score (nSPS) is 29.9. The summed E-state index contributed by atoms with van der Waals surface area (Å²) in [6, 6.07) is -0.0552. The molecule has 0 radical (unpaired) electrons. The fourth-order valence-corrected chi connectivity index (χ4v) is 4.21. The van der Waals surface area contributed by atoms with Crippen molar-refractivity contribution in [3.05, 3.63) is 0 Å². The third-order valence-corrected chi connectivity index (χ3v) is 5.81. The van der Waals surface area contributed by atoms with Crippen molar-refractivity contribution >= 4 is 24.3 Å². The van der Waals surface area contributed by atoms with E-state index in [-0.39, 0.29) is 36.9 Å². The van der Waals surface area contributed by atoms with Gasteiger partial charge in [0.25, 0.3) is 0 Å². The molecule has 0 aliphatic carbocycles. The summed E-state index contributed by atoms with van der Waals surface area (Å²) in [4.78, 5) is 10.3. The molecular weight excluding hydrogens is 345 g/mol. The Balaban J connectivity index is 2.67. The van der Waals surface area contributed by atoms with Crippen molar-refractivity contribution in [1.82, 2.24) is 0 Å². The Labute approximate surface area is 154 Å². The maximum absolute atomic E-state index is 10.3. The van der Waals surface area contributed by atoms with Gasteiger partial charge in [-0.05, 0) is 19.3 Å². The number of rotatable bonds is 12. The van der Waals surface area contributed by atoms with Gasteiger partial charge in [0, 0.05) is 27.3 Å². The number of hydrogen-bond donors (Lipinski definition) is 1. The number of methoxy groups -OCH3 is 3. The molecule has 1 saturated heterocycles. The zero-order chi connectivity index (χ0) is 19.0. The summed E-state index contributed by atoms with van der Waals surface area (Å²) in [5.41, 5.74) is -0.736. The minimum Gasteiger partial charge on any atom is -0.388 e. The molecule has 0 aromatic rings. The molecule has 0 spiro atoms. The molecule has 1 aliphatic rings. The largest absolute Gasteiger partial charge is 0.388 e. The fourth-order valence-electron chi connectivity index (χ4n) is 3.36. The van der Waals surface area contributed by atoms with Gasteiger partial charge in [0.15, 0.2) is 0 Å². The summed E-state index contributed by atoms with van der Waals surface area (Å²) in [6.45, 7) is 4.18. The first kappa shape index (κ1) is 23.3. The zero-order valence-corrected chi connectivity index (χ0v) is 17.5. The molecule has 146 valence electrons. The summed E-state index contributed by atoms with van der Waals surface area (Å²) in [5, 5.41) is 0. The second-order valence-electron chi connectivity index (χ2n) is 6.50. The molecule has 0 amide bonds. The van der Waals surface area contributed by atoms with Gasteiger partial charge in [-0.25, -0.2) is 0 Å². The lowest BCUT2D eigenvalue weighted by atomic mass is 9.81. The van der Waals surface area contributed by atoms with Crippen LogP contribution in [0.3, 0.4) is 0 Å². The Morgan fingerprint density at radius 1 is 1.28 bits per heavy atom. The van der Waals surface area contributed by atoms with Crippen LogP contribution in [0, 0.1) is 0 Å². The second kappa shape index (κ2) is 11.2. The lowest BCUT2D eigenvalue weighted by Crippen LogP contribution is -2.54. The minimum atomic E-state index is -2.03. The van der Waals surface area contributed by atoms with Crippen molar-refractivity contribution < 1.29 is 32.9 Å². The van der Waals surface area contributed by atoms with Crippen LogP contribution in [0.5, 0.6) is 0 Å². The molecule has 0 bridgehead atoms. The van der Waals surface area contributed by atoms with E-state index < -0.39 is 14.2 Å². The van der Waals surface area contributed by atoms with E-state index in [1.807, 2.05) is 29.5 Å². The summed E-state index contributed by atoms with van der Waals surface area (Å²) in [6.07, 6.45) is 1.74. The van der Waals surface area contributed by atoms with E-state index in [0.29, 0.717) is 6.42 Å². The lowest BCUT2D eigenvalue weighted by Gasteiger charge is -2.40. The molecular formula is C15H33B2O7P. The lowest BCUT2D eigenvalue weighted by molar-refractivity contribution is -0.164. The van der Waals surface area contributed by atoms with Gasteiger partial charge >= 0.3 is 8.60 Å². The molecule has 1 N–H and O–H groups in total. The van der Waals surface area contributed by atoms with Crippen LogP contribution in [-0.4, -0.2) is 84.4 Å². The third kappa shape index (κ3) is 6.15. The van der Waals surface area contributed by atoms with Crippen LogP contribution in [-0.2, 0) is 28.0 Å².